The fourth-order valence-corrected chi connectivity index (χ4v) is 1.68. The summed E-state index contributed by atoms with van der Waals surface area (Å²) < 4.78 is 7.05. The van der Waals surface area contributed by atoms with Gasteiger partial charge < -0.3 is 4.74 Å². The van der Waals surface area contributed by atoms with Crippen LogP contribution in [0.15, 0.2) is 47.4 Å². The van der Waals surface area contributed by atoms with Crippen LogP contribution in [0.1, 0.15) is 12.5 Å². The molecular formula is C14H15NO2. The summed E-state index contributed by atoms with van der Waals surface area (Å²) in [4.78, 5) is 11.8. The Kier molecular flexibility index (Phi) is 3.28. The predicted octanol–water partition coefficient (Wildman–Crippen LogP) is 2.54. The topological polar surface area (TPSA) is 31.2 Å². The molecular weight excluding hydrogens is 214 g/mol. The number of rotatable bonds is 3. The van der Waals surface area contributed by atoms with Gasteiger partial charge in [-0.05, 0) is 31.5 Å². The number of hydrogen-bond acceptors (Lipinski definition) is 2. The van der Waals surface area contributed by atoms with Crippen molar-refractivity contribution in [1.29, 1.82) is 0 Å². The lowest BCUT2D eigenvalue weighted by molar-refractivity contribution is 0.340. The first kappa shape index (κ1) is 11.5. The molecule has 0 N–H and O–H groups in total. The van der Waals surface area contributed by atoms with E-state index in [0.29, 0.717) is 6.61 Å². The molecule has 3 heteroatoms. The van der Waals surface area contributed by atoms with Crippen molar-refractivity contribution >= 4 is 0 Å². The van der Waals surface area contributed by atoms with E-state index >= 15 is 0 Å². The molecule has 0 atom stereocenters. The van der Waals surface area contributed by atoms with Gasteiger partial charge >= 0.3 is 0 Å². The van der Waals surface area contributed by atoms with Crippen LogP contribution in [0.3, 0.4) is 0 Å². The van der Waals surface area contributed by atoms with Gasteiger partial charge in [0.1, 0.15) is 5.75 Å². The van der Waals surface area contributed by atoms with Gasteiger partial charge in [0.2, 0.25) is 0 Å². The summed E-state index contributed by atoms with van der Waals surface area (Å²) >= 11 is 0. The van der Waals surface area contributed by atoms with Crippen LogP contribution in [0.4, 0.5) is 0 Å². The molecule has 0 spiro atoms. The average molecular weight is 229 g/mol. The van der Waals surface area contributed by atoms with Crippen molar-refractivity contribution in [1.82, 2.24) is 4.57 Å². The minimum absolute atomic E-state index is 0.0377. The van der Waals surface area contributed by atoms with Crippen molar-refractivity contribution in [3.63, 3.8) is 0 Å². The van der Waals surface area contributed by atoms with Crippen LogP contribution >= 0.6 is 0 Å². The molecule has 1 aromatic carbocycles. The maximum atomic E-state index is 11.8. The van der Waals surface area contributed by atoms with Gasteiger partial charge in [-0.15, -0.1) is 0 Å². The summed E-state index contributed by atoms with van der Waals surface area (Å²) in [5.41, 5.74) is 1.83. The minimum atomic E-state index is -0.0377. The Morgan fingerprint density at radius 3 is 2.82 bits per heavy atom. The number of benzene rings is 1. The number of nitrogens with zero attached hydrogens (tertiary/aromatic N) is 1. The van der Waals surface area contributed by atoms with Crippen molar-refractivity contribution in [2.45, 2.75) is 13.8 Å². The van der Waals surface area contributed by atoms with Crippen molar-refractivity contribution in [2.75, 3.05) is 6.61 Å². The van der Waals surface area contributed by atoms with Crippen LogP contribution in [0.5, 0.6) is 5.75 Å². The first-order valence-corrected chi connectivity index (χ1v) is 5.63. The van der Waals surface area contributed by atoms with Crippen LogP contribution in [-0.4, -0.2) is 11.2 Å². The zero-order chi connectivity index (χ0) is 12.3. The van der Waals surface area contributed by atoms with Crippen molar-refractivity contribution in [3.05, 3.63) is 58.5 Å². The van der Waals surface area contributed by atoms with Gasteiger partial charge in [-0.2, -0.15) is 0 Å². The second-order valence-electron chi connectivity index (χ2n) is 3.85. The van der Waals surface area contributed by atoms with Gasteiger partial charge in [-0.3, -0.25) is 9.36 Å². The van der Waals surface area contributed by atoms with E-state index < -0.39 is 0 Å². The smallest absolute Gasteiger partial charge is 0.255 e. The fourth-order valence-electron chi connectivity index (χ4n) is 1.68. The Hall–Kier alpha value is -2.03. The fraction of sp³-hybridized carbons (Fsp3) is 0.214. The van der Waals surface area contributed by atoms with Crippen molar-refractivity contribution in [3.8, 4) is 11.4 Å². The molecule has 2 aromatic rings. The minimum Gasteiger partial charge on any atom is -0.494 e. The third-order valence-electron chi connectivity index (χ3n) is 2.47. The summed E-state index contributed by atoms with van der Waals surface area (Å²) in [6.07, 6.45) is 1.83. The maximum absolute atomic E-state index is 11.8. The van der Waals surface area contributed by atoms with Gasteiger partial charge in [0, 0.05) is 18.3 Å². The molecule has 0 saturated carbocycles. The zero-order valence-corrected chi connectivity index (χ0v) is 10.0. The van der Waals surface area contributed by atoms with E-state index in [-0.39, 0.29) is 5.56 Å². The van der Waals surface area contributed by atoms with E-state index in [0.717, 1.165) is 17.0 Å². The lowest BCUT2D eigenvalue weighted by Gasteiger charge is -2.09. The second-order valence-corrected chi connectivity index (χ2v) is 3.85. The molecule has 1 aromatic heterocycles. The molecule has 17 heavy (non-hydrogen) atoms. The summed E-state index contributed by atoms with van der Waals surface area (Å²) in [6.45, 7) is 4.51. The largest absolute Gasteiger partial charge is 0.494 e. The summed E-state index contributed by atoms with van der Waals surface area (Å²) in [5.74, 6) is 0.776. The zero-order valence-electron chi connectivity index (χ0n) is 10.0. The van der Waals surface area contributed by atoms with Crippen LogP contribution in [0.25, 0.3) is 5.69 Å². The summed E-state index contributed by atoms with van der Waals surface area (Å²) in [7, 11) is 0. The highest BCUT2D eigenvalue weighted by Crippen LogP contribution is 2.15. The standard InChI is InChI=1S/C14H15NO2/c1-3-17-13-6-4-5-12(9-13)15-10-11(2)7-8-14(15)16/h4-10H,3H2,1-2H3. The Morgan fingerprint density at radius 1 is 1.24 bits per heavy atom. The second kappa shape index (κ2) is 4.87. The van der Waals surface area contributed by atoms with E-state index in [4.69, 9.17) is 4.74 Å². The number of ether oxygens (including phenoxy) is 1. The van der Waals surface area contributed by atoms with Gasteiger partial charge in [0.25, 0.3) is 5.56 Å². The van der Waals surface area contributed by atoms with Gasteiger partial charge in [0.05, 0.1) is 12.3 Å². The van der Waals surface area contributed by atoms with Crippen LogP contribution in [0, 0.1) is 6.92 Å². The van der Waals surface area contributed by atoms with Gasteiger partial charge in [0.15, 0.2) is 0 Å². The van der Waals surface area contributed by atoms with E-state index in [9.17, 15) is 4.79 Å². The summed E-state index contributed by atoms with van der Waals surface area (Å²) in [6, 6.07) is 10.9. The Bertz CT molecular complexity index is 572. The lowest BCUT2D eigenvalue weighted by Crippen LogP contribution is -2.16. The third-order valence-corrected chi connectivity index (χ3v) is 2.47. The molecule has 0 radical (unpaired) electrons. The van der Waals surface area contributed by atoms with E-state index in [1.807, 2.05) is 50.4 Å². The monoisotopic (exact) mass is 229 g/mol. The van der Waals surface area contributed by atoms with Crippen molar-refractivity contribution in [2.24, 2.45) is 0 Å². The summed E-state index contributed by atoms with van der Waals surface area (Å²) in [5, 5.41) is 0. The van der Waals surface area contributed by atoms with Gasteiger partial charge in [-0.25, -0.2) is 0 Å². The number of pyridine rings is 1. The molecule has 2 rings (SSSR count). The van der Waals surface area contributed by atoms with E-state index in [2.05, 4.69) is 0 Å². The van der Waals surface area contributed by atoms with E-state index in [1.165, 1.54) is 0 Å². The molecule has 0 fully saturated rings. The Morgan fingerprint density at radius 2 is 2.06 bits per heavy atom. The number of hydrogen-bond donors (Lipinski definition) is 0. The molecule has 0 unspecified atom stereocenters. The number of aryl methyl sites for hydroxylation is 1. The Balaban J connectivity index is 2.49. The molecule has 88 valence electrons. The highest BCUT2D eigenvalue weighted by atomic mass is 16.5. The number of aromatic nitrogens is 1. The molecule has 3 nitrogen and oxygen atoms in total. The first-order chi connectivity index (χ1) is 8.20. The molecule has 1 heterocycles. The highest BCUT2D eigenvalue weighted by molar-refractivity contribution is 5.39. The van der Waals surface area contributed by atoms with Crippen LogP contribution in [0.2, 0.25) is 0 Å². The van der Waals surface area contributed by atoms with E-state index in [1.54, 1.807) is 10.6 Å². The SMILES string of the molecule is CCOc1cccc(-n2cc(C)ccc2=O)c1. The predicted molar refractivity (Wildman–Crippen MR) is 67.9 cm³/mol. The lowest BCUT2D eigenvalue weighted by atomic mass is 10.2. The normalized spacial score (nSPS) is 10.2. The first-order valence-electron chi connectivity index (χ1n) is 5.63. The molecule has 0 saturated heterocycles. The molecule has 0 bridgehead atoms. The van der Waals surface area contributed by atoms with Crippen molar-refractivity contribution < 1.29 is 4.74 Å². The van der Waals surface area contributed by atoms with Gasteiger partial charge in [-0.1, -0.05) is 12.1 Å². The molecule has 0 aliphatic heterocycles. The third kappa shape index (κ3) is 2.56. The van der Waals surface area contributed by atoms with Crippen LogP contribution < -0.4 is 10.3 Å². The van der Waals surface area contributed by atoms with Crippen LogP contribution in [-0.2, 0) is 0 Å². The quantitative estimate of drug-likeness (QED) is 0.810. The molecule has 0 aliphatic rings. The highest BCUT2D eigenvalue weighted by Gasteiger charge is 2.01. The average Bonchev–Trinajstić information content (AvgIpc) is 2.33. The Labute approximate surface area is 100 Å². The molecule has 0 amide bonds. The maximum Gasteiger partial charge on any atom is 0.255 e. The molecule has 0 aliphatic carbocycles.